The summed E-state index contributed by atoms with van der Waals surface area (Å²) in [4.78, 5) is 12.1. The molecule has 0 aliphatic carbocycles. The number of halogens is 1. The molecule has 0 unspecified atom stereocenters. The molecular weight excluding hydrogens is 284 g/mol. The van der Waals surface area contributed by atoms with Gasteiger partial charge in [-0.2, -0.15) is 0 Å². The Morgan fingerprint density at radius 1 is 1.14 bits per heavy atom. The van der Waals surface area contributed by atoms with Gasteiger partial charge in [0.05, 0.1) is 0 Å². The molecule has 4 heteroatoms. The summed E-state index contributed by atoms with van der Waals surface area (Å²) < 4.78 is 0. The van der Waals surface area contributed by atoms with Crippen LogP contribution in [0, 0.1) is 5.41 Å². The predicted octanol–water partition coefficient (Wildman–Crippen LogP) is 3.95. The number of nitrogen functional groups attached to an aromatic ring is 1. The minimum atomic E-state index is -0.183. The van der Waals surface area contributed by atoms with Gasteiger partial charge in [-0.3, -0.25) is 4.79 Å². The zero-order chi connectivity index (χ0) is 15.4. The molecule has 0 aromatic heterocycles. The van der Waals surface area contributed by atoms with Gasteiger partial charge in [0, 0.05) is 17.6 Å². The number of anilines is 1. The van der Waals surface area contributed by atoms with E-state index < -0.39 is 0 Å². The fourth-order valence-corrected chi connectivity index (χ4v) is 2.82. The Morgan fingerprint density at radius 2 is 1.71 bits per heavy atom. The van der Waals surface area contributed by atoms with Crippen LogP contribution in [0.4, 0.5) is 5.69 Å². The Bertz CT molecular complexity index is 464. The Hall–Kier alpha value is -1.22. The van der Waals surface area contributed by atoms with Crippen molar-refractivity contribution in [1.29, 1.82) is 0 Å². The maximum Gasteiger partial charge on any atom is 0.220 e. The van der Waals surface area contributed by atoms with Gasteiger partial charge in [-0.25, -0.2) is 0 Å². The highest BCUT2D eigenvalue weighted by molar-refractivity contribution is 5.85. The normalized spacial score (nSPS) is 11.7. The first-order chi connectivity index (χ1) is 9.09. The number of carbonyl (C=O) groups excluding carboxylic acids is 1. The standard InChI is InChI=1S/C17H28N2O.ClH/c1-16(2,3)12-17(4,5)19-15(20)11-10-13-8-6-7-9-14(13)18;/h6-9H,10-12,18H2,1-5H3,(H,19,20);1H. The summed E-state index contributed by atoms with van der Waals surface area (Å²) in [6.07, 6.45) is 2.10. The largest absolute Gasteiger partial charge is 0.399 e. The highest BCUT2D eigenvalue weighted by Gasteiger charge is 2.26. The van der Waals surface area contributed by atoms with Gasteiger partial charge in [0.25, 0.3) is 0 Å². The third-order valence-corrected chi connectivity index (χ3v) is 3.13. The number of rotatable bonds is 5. The van der Waals surface area contributed by atoms with E-state index in [1.54, 1.807) is 0 Å². The average molecular weight is 313 g/mol. The van der Waals surface area contributed by atoms with Crippen molar-refractivity contribution in [3.63, 3.8) is 0 Å². The maximum atomic E-state index is 12.1. The van der Waals surface area contributed by atoms with Crippen LogP contribution in [0.15, 0.2) is 24.3 Å². The summed E-state index contributed by atoms with van der Waals surface area (Å²) in [5.41, 5.74) is 7.69. The lowest BCUT2D eigenvalue weighted by Gasteiger charge is -2.33. The summed E-state index contributed by atoms with van der Waals surface area (Å²) >= 11 is 0. The first kappa shape index (κ1) is 19.8. The Balaban J connectivity index is 0.00000400. The second-order valence-electron chi connectivity index (χ2n) is 7.37. The van der Waals surface area contributed by atoms with Gasteiger partial charge in [0.15, 0.2) is 0 Å². The summed E-state index contributed by atoms with van der Waals surface area (Å²) in [5.74, 6) is 0.0857. The molecule has 1 aromatic carbocycles. The van der Waals surface area contributed by atoms with Gasteiger partial charge in [-0.05, 0) is 43.7 Å². The van der Waals surface area contributed by atoms with Crippen LogP contribution in [0.5, 0.6) is 0 Å². The van der Waals surface area contributed by atoms with Crippen molar-refractivity contribution in [3.05, 3.63) is 29.8 Å². The van der Waals surface area contributed by atoms with E-state index in [0.717, 1.165) is 17.7 Å². The lowest BCUT2D eigenvalue weighted by Crippen LogP contribution is -2.45. The van der Waals surface area contributed by atoms with Crippen molar-refractivity contribution in [2.75, 3.05) is 5.73 Å². The van der Waals surface area contributed by atoms with E-state index in [1.807, 2.05) is 24.3 Å². The van der Waals surface area contributed by atoms with Crippen LogP contribution in [-0.4, -0.2) is 11.4 Å². The molecule has 0 saturated heterocycles. The zero-order valence-electron chi connectivity index (χ0n) is 13.8. The molecule has 0 bridgehead atoms. The predicted molar refractivity (Wildman–Crippen MR) is 92.7 cm³/mol. The van der Waals surface area contributed by atoms with Crippen molar-refractivity contribution >= 4 is 24.0 Å². The van der Waals surface area contributed by atoms with E-state index in [2.05, 4.69) is 39.9 Å². The highest BCUT2D eigenvalue weighted by atomic mass is 35.5. The third-order valence-electron chi connectivity index (χ3n) is 3.13. The first-order valence-corrected chi connectivity index (χ1v) is 7.23. The minimum absolute atomic E-state index is 0. The molecular formula is C17H29ClN2O. The summed E-state index contributed by atoms with van der Waals surface area (Å²) in [5, 5.41) is 3.12. The van der Waals surface area contributed by atoms with Gasteiger partial charge in [-0.1, -0.05) is 39.0 Å². The molecule has 21 heavy (non-hydrogen) atoms. The average Bonchev–Trinajstić information content (AvgIpc) is 2.23. The monoisotopic (exact) mass is 312 g/mol. The van der Waals surface area contributed by atoms with Crippen LogP contribution < -0.4 is 11.1 Å². The summed E-state index contributed by atoms with van der Waals surface area (Å²) in [7, 11) is 0. The SMILES string of the molecule is CC(C)(C)CC(C)(C)NC(=O)CCc1ccccc1N.Cl. The molecule has 0 radical (unpaired) electrons. The van der Waals surface area contributed by atoms with Crippen molar-refractivity contribution in [2.24, 2.45) is 5.41 Å². The lowest BCUT2D eigenvalue weighted by molar-refractivity contribution is -0.122. The van der Waals surface area contributed by atoms with E-state index in [4.69, 9.17) is 5.73 Å². The number of nitrogens with two attached hydrogens (primary N) is 1. The van der Waals surface area contributed by atoms with E-state index in [-0.39, 0.29) is 29.3 Å². The van der Waals surface area contributed by atoms with Crippen LogP contribution in [0.3, 0.4) is 0 Å². The number of nitrogens with one attached hydrogen (secondary N) is 1. The van der Waals surface area contributed by atoms with E-state index in [0.29, 0.717) is 12.8 Å². The maximum absolute atomic E-state index is 12.1. The van der Waals surface area contributed by atoms with Crippen LogP contribution in [-0.2, 0) is 11.2 Å². The van der Waals surface area contributed by atoms with Gasteiger partial charge >= 0.3 is 0 Å². The number of amides is 1. The lowest BCUT2D eigenvalue weighted by atomic mass is 9.81. The number of carbonyl (C=O) groups is 1. The number of aryl methyl sites for hydroxylation is 1. The Kier molecular flexibility index (Phi) is 7.25. The van der Waals surface area contributed by atoms with E-state index in [1.165, 1.54) is 0 Å². The summed E-state index contributed by atoms with van der Waals surface area (Å²) in [6, 6.07) is 7.71. The molecule has 0 atom stereocenters. The molecule has 3 N–H and O–H groups in total. The number of hydrogen-bond donors (Lipinski definition) is 2. The fraction of sp³-hybridized carbons (Fsp3) is 0.588. The smallest absolute Gasteiger partial charge is 0.220 e. The van der Waals surface area contributed by atoms with Crippen LogP contribution in [0.2, 0.25) is 0 Å². The molecule has 0 fully saturated rings. The molecule has 120 valence electrons. The summed E-state index contributed by atoms with van der Waals surface area (Å²) in [6.45, 7) is 10.7. The molecule has 1 aromatic rings. The van der Waals surface area contributed by atoms with Crippen molar-refractivity contribution in [3.8, 4) is 0 Å². The molecule has 1 rings (SSSR count). The van der Waals surface area contributed by atoms with Crippen molar-refractivity contribution < 1.29 is 4.79 Å². The van der Waals surface area contributed by atoms with Crippen LogP contribution in [0.1, 0.15) is 53.0 Å². The van der Waals surface area contributed by atoms with Crippen molar-refractivity contribution in [1.82, 2.24) is 5.32 Å². The van der Waals surface area contributed by atoms with Crippen molar-refractivity contribution in [2.45, 2.75) is 59.4 Å². The van der Waals surface area contributed by atoms with Gasteiger partial charge in [-0.15, -0.1) is 12.4 Å². The molecule has 0 heterocycles. The molecule has 3 nitrogen and oxygen atoms in total. The quantitative estimate of drug-likeness (QED) is 0.809. The van der Waals surface area contributed by atoms with Crippen LogP contribution >= 0.6 is 12.4 Å². The molecule has 1 amide bonds. The molecule has 0 aliphatic rings. The Labute approximate surface area is 135 Å². The first-order valence-electron chi connectivity index (χ1n) is 7.23. The van der Waals surface area contributed by atoms with E-state index in [9.17, 15) is 4.79 Å². The van der Waals surface area contributed by atoms with Gasteiger partial charge < -0.3 is 11.1 Å². The van der Waals surface area contributed by atoms with Gasteiger partial charge in [0.1, 0.15) is 0 Å². The molecule has 0 saturated carbocycles. The topological polar surface area (TPSA) is 55.1 Å². The number of hydrogen-bond acceptors (Lipinski definition) is 2. The zero-order valence-corrected chi connectivity index (χ0v) is 14.6. The second-order valence-corrected chi connectivity index (χ2v) is 7.37. The number of para-hydroxylation sites is 1. The highest BCUT2D eigenvalue weighted by Crippen LogP contribution is 2.26. The fourth-order valence-electron chi connectivity index (χ4n) is 2.82. The van der Waals surface area contributed by atoms with Crippen LogP contribution in [0.25, 0.3) is 0 Å². The molecule has 0 spiro atoms. The minimum Gasteiger partial charge on any atom is -0.399 e. The number of benzene rings is 1. The third kappa shape index (κ3) is 7.96. The molecule has 0 aliphatic heterocycles. The Morgan fingerprint density at radius 3 is 2.24 bits per heavy atom. The second kappa shape index (κ2) is 7.69. The van der Waals surface area contributed by atoms with E-state index >= 15 is 0 Å². The van der Waals surface area contributed by atoms with Gasteiger partial charge in [0.2, 0.25) is 5.91 Å².